The monoisotopic (exact) mass is 203 g/mol. The maximum absolute atomic E-state index is 9.77. The molecule has 0 fully saturated rings. The molecule has 15 heavy (non-hydrogen) atoms. The zero-order valence-electron chi connectivity index (χ0n) is 8.82. The average molecular weight is 203 g/mol. The van der Waals surface area contributed by atoms with Crippen molar-refractivity contribution in [3.8, 4) is 12.3 Å². The number of hydrogen-bond donors (Lipinski definition) is 2. The smallest absolute Gasteiger partial charge is 0.0914 e. The molecule has 0 heterocycles. The van der Waals surface area contributed by atoms with Gasteiger partial charge in [0.2, 0.25) is 0 Å². The molecule has 0 aliphatic heterocycles. The number of unbranched alkanes of at least 4 members (excludes halogenated alkanes) is 1. The van der Waals surface area contributed by atoms with Crippen LogP contribution in [-0.4, -0.2) is 18.2 Å². The lowest BCUT2D eigenvalue weighted by molar-refractivity contribution is 0.175. The molecule has 0 aliphatic carbocycles. The summed E-state index contributed by atoms with van der Waals surface area (Å²) in [6.07, 6.45) is 6.44. The van der Waals surface area contributed by atoms with Gasteiger partial charge in [-0.3, -0.25) is 0 Å². The number of aliphatic hydroxyl groups excluding tert-OH is 1. The van der Waals surface area contributed by atoms with Gasteiger partial charge in [-0.05, 0) is 18.5 Å². The summed E-state index contributed by atoms with van der Waals surface area (Å²) in [5.74, 6) is 2.59. The second-order valence-electron chi connectivity index (χ2n) is 3.44. The first-order chi connectivity index (χ1) is 7.34. The Bertz CT molecular complexity index is 302. The fraction of sp³-hybridized carbons (Fsp3) is 0.385. The third-order valence-electron chi connectivity index (χ3n) is 2.20. The maximum atomic E-state index is 9.77. The highest BCUT2D eigenvalue weighted by Crippen LogP contribution is 2.10. The molecule has 2 heteroatoms. The van der Waals surface area contributed by atoms with Crippen LogP contribution in [0.3, 0.4) is 0 Å². The van der Waals surface area contributed by atoms with Crippen LogP contribution in [0.25, 0.3) is 0 Å². The quantitative estimate of drug-likeness (QED) is 0.545. The topological polar surface area (TPSA) is 32.3 Å². The van der Waals surface area contributed by atoms with Gasteiger partial charge in [0.15, 0.2) is 0 Å². The molecule has 1 atom stereocenters. The summed E-state index contributed by atoms with van der Waals surface area (Å²) in [5.41, 5.74) is 0.946. The van der Waals surface area contributed by atoms with Crippen molar-refractivity contribution < 1.29 is 5.11 Å². The van der Waals surface area contributed by atoms with Crippen LogP contribution in [0.2, 0.25) is 0 Å². The van der Waals surface area contributed by atoms with Gasteiger partial charge in [-0.25, -0.2) is 0 Å². The summed E-state index contributed by atoms with van der Waals surface area (Å²) in [5, 5.41) is 12.9. The van der Waals surface area contributed by atoms with E-state index in [0.717, 1.165) is 24.9 Å². The summed E-state index contributed by atoms with van der Waals surface area (Å²) in [7, 11) is 0. The van der Waals surface area contributed by atoms with E-state index in [1.165, 1.54) is 0 Å². The lowest BCUT2D eigenvalue weighted by Gasteiger charge is -2.11. The van der Waals surface area contributed by atoms with E-state index in [1.807, 2.05) is 30.3 Å². The predicted octanol–water partition coefficient (Wildman–Crippen LogP) is 1.72. The number of nitrogens with one attached hydrogen (secondary N) is 1. The van der Waals surface area contributed by atoms with Crippen LogP contribution in [0.1, 0.15) is 24.5 Å². The molecule has 0 spiro atoms. The van der Waals surface area contributed by atoms with E-state index < -0.39 is 6.10 Å². The lowest BCUT2D eigenvalue weighted by atomic mass is 10.1. The van der Waals surface area contributed by atoms with Gasteiger partial charge in [0.05, 0.1) is 6.10 Å². The fourth-order valence-electron chi connectivity index (χ4n) is 1.35. The van der Waals surface area contributed by atoms with E-state index in [2.05, 4.69) is 11.2 Å². The Balaban J connectivity index is 2.20. The molecule has 2 nitrogen and oxygen atoms in total. The first-order valence-corrected chi connectivity index (χ1v) is 5.22. The SMILES string of the molecule is C#CCCCNCC(O)c1ccccc1. The minimum Gasteiger partial charge on any atom is -0.387 e. The van der Waals surface area contributed by atoms with E-state index in [9.17, 15) is 5.11 Å². The van der Waals surface area contributed by atoms with Crippen LogP contribution < -0.4 is 5.32 Å². The molecular weight excluding hydrogens is 186 g/mol. The van der Waals surface area contributed by atoms with Gasteiger partial charge in [-0.15, -0.1) is 12.3 Å². The number of terminal acetylenes is 1. The Morgan fingerprint density at radius 3 is 2.73 bits per heavy atom. The van der Waals surface area contributed by atoms with Crippen molar-refractivity contribution in [3.63, 3.8) is 0 Å². The molecule has 0 saturated carbocycles. The van der Waals surface area contributed by atoms with Crippen molar-refractivity contribution in [1.82, 2.24) is 5.32 Å². The van der Waals surface area contributed by atoms with E-state index >= 15 is 0 Å². The molecule has 0 radical (unpaired) electrons. The molecule has 0 aromatic heterocycles. The summed E-state index contributed by atoms with van der Waals surface area (Å²) in [4.78, 5) is 0. The summed E-state index contributed by atoms with van der Waals surface area (Å²) >= 11 is 0. The molecule has 1 unspecified atom stereocenters. The van der Waals surface area contributed by atoms with Crippen LogP contribution >= 0.6 is 0 Å². The van der Waals surface area contributed by atoms with Crippen molar-refractivity contribution >= 4 is 0 Å². The molecule has 1 aromatic rings. The Hall–Kier alpha value is -1.30. The Labute approximate surface area is 91.3 Å². The first kappa shape index (κ1) is 11.8. The molecule has 80 valence electrons. The number of benzene rings is 1. The van der Waals surface area contributed by atoms with Crippen LogP contribution in [-0.2, 0) is 0 Å². The molecule has 0 saturated heterocycles. The average Bonchev–Trinajstić information content (AvgIpc) is 2.30. The van der Waals surface area contributed by atoms with Gasteiger partial charge in [0, 0.05) is 13.0 Å². The highest BCUT2D eigenvalue weighted by molar-refractivity contribution is 5.17. The van der Waals surface area contributed by atoms with E-state index in [1.54, 1.807) is 0 Å². The summed E-state index contributed by atoms with van der Waals surface area (Å²) < 4.78 is 0. The van der Waals surface area contributed by atoms with Crippen molar-refractivity contribution in [1.29, 1.82) is 0 Å². The summed E-state index contributed by atoms with van der Waals surface area (Å²) in [6, 6.07) is 9.64. The minimum absolute atomic E-state index is 0.433. The highest BCUT2D eigenvalue weighted by atomic mass is 16.3. The lowest BCUT2D eigenvalue weighted by Crippen LogP contribution is -2.22. The van der Waals surface area contributed by atoms with Gasteiger partial charge in [-0.1, -0.05) is 30.3 Å². The third kappa shape index (κ3) is 4.64. The zero-order chi connectivity index (χ0) is 10.9. The van der Waals surface area contributed by atoms with E-state index in [-0.39, 0.29) is 0 Å². The van der Waals surface area contributed by atoms with Gasteiger partial charge < -0.3 is 10.4 Å². The predicted molar refractivity (Wildman–Crippen MR) is 62.3 cm³/mol. The summed E-state index contributed by atoms with van der Waals surface area (Å²) in [6.45, 7) is 1.43. The second-order valence-corrected chi connectivity index (χ2v) is 3.44. The van der Waals surface area contributed by atoms with Crippen LogP contribution in [0, 0.1) is 12.3 Å². The molecule has 0 aliphatic rings. The number of rotatable bonds is 6. The second kappa shape index (κ2) is 7.05. The van der Waals surface area contributed by atoms with Gasteiger partial charge in [0.1, 0.15) is 0 Å². The fourth-order valence-corrected chi connectivity index (χ4v) is 1.35. The Morgan fingerprint density at radius 1 is 1.33 bits per heavy atom. The minimum atomic E-state index is -0.433. The van der Waals surface area contributed by atoms with Gasteiger partial charge in [0.25, 0.3) is 0 Å². The molecule has 0 bridgehead atoms. The molecule has 2 N–H and O–H groups in total. The number of aliphatic hydroxyl groups is 1. The third-order valence-corrected chi connectivity index (χ3v) is 2.20. The van der Waals surface area contributed by atoms with E-state index in [0.29, 0.717) is 6.54 Å². The van der Waals surface area contributed by atoms with Gasteiger partial charge in [-0.2, -0.15) is 0 Å². The standard InChI is InChI=1S/C13H17NO/c1-2-3-7-10-14-11-13(15)12-8-5-4-6-9-12/h1,4-6,8-9,13-15H,3,7,10-11H2. The van der Waals surface area contributed by atoms with Crippen LogP contribution in [0.15, 0.2) is 30.3 Å². The maximum Gasteiger partial charge on any atom is 0.0914 e. The molecular formula is C13H17NO. The number of hydrogen-bond acceptors (Lipinski definition) is 2. The largest absolute Gasteiger partial charge is 0.387 e. The van der Waals surface area contributed by atoms with Crippen molar-refractivity contribution in [2.24, 2.45) is 0 Å². The van der Waals surface area contributed by atoms with Crippen molar-refractivity contribution in [2.75, 3.05) is 13.1 Å². The first-order valence-electron chi connectivity index (χ1n) is 5.22. The van der Waals surface area contributed by atoms with Crippen LogP contribution in [0.5, 0.6) is 0 Å². The van der Waals surface area contributed by atoms with Crippen molar-refractivity contribution in [3.05, 3.63) is 35.9 Å². The van der Waals surface area contributed by atoms with E-state index in [4.69, 9.17) is 6.42 Å². The Morgan fingerprint density at radius 2 is 2.07 bits per heavy atom. The van der Waals surface area contributed by atoms with Crippen molar-refractivity contribution in [2.45, 2.75) is 18.9 Å². The van der Waals surface area contributed by atoms with Gasteiger partial charge >= 0.3 is 0 Å². The normalized spacial score (nSPS) is 12.0. The molecule has 0 amide bonds. The molecule has 1 rings (SSSR count). The zero-order valence-corrected chi connectivity index (χ0v) is 8.82. The molecule has 1 aromatic carbocycles. The highest BCUT2D eigenvalue weighted by Gasteiger charge is 2.04. The van der Waals surface area contributed by atoms with Crippen LogP contribution in [0.4, 0.5) is 0 Å². The Kier molecular flexibility index (Phi) is 5.54.